The third-order valence-corrected chi connectivity index (χ3v) is 4.37. The molecule has 1 aliphatic rings. The fourth-order valence-electron chi connectivity index (χ4n) is 3.36. The van der Waals surface area contributed by atoms with Crippen LogP contribution in [0.15, 0.2) is 24.5 Å². The molecule has 0 amide bonds. The van der Waals surface area contributed by atoms with Crippen LogP contribution in [0.2, 0.25) is 0 Å². The predicted molar refractivity (Wildman–Crippen MR) is 92.0 cm³/mol. The van der Waals surface area contributed by atoms with Crippen molar-refractivity contribution in [3.8, 4) is 6.07 Å². The summed E-state index contributed by atoms with van der Waals surface area (Å²) in [5.41, 5.74) is 0.778. The number of nitrogens with zero attached hydrogens (tertiary/aromatic N) is 6. The van der Waals surface area contributed by atoms with Crippen LogP contribution >= 0.6 is 0 Å². The molecule has 0 bridgehead atoms. The number of rotatable bonds is 5. The molecule has 1 fully saturated rings. The lowest BCUT2D eigenvalue weighted by atomic mass is 10.1. The first-order chi connectivity index (χ1) is 12.0. The van der Waals surface area contributed by atoms with Gasteiger partial charge in [-0.1, -0.05) is 13.8 Å². The first-order valence-corrected chi connectivity index (χ1v) is 8.34. The van der Waals surface area contributed by atoms with E-state index >= 15 is 0 Å². The van der Waals surface area contributed by atoms with Crippen molar-refractivity contribution in [1.82, 2.24) is 14.8 Å². The Labute approximate surface area is 145 Å². The lowest BCUT2D eigenvalue weighted by Gasteiger charge is -2.26. The van der Waals surface area contributed by atoms with Gasteiger partial charge in [0, 0.05) is 19.2 Å². The summed E-state index contributed by atoms with van der Waals surface area (Å²) in [5, 5.41) is 28.8. The number of hydrogen-bond acceptors (Lipinski definition) is 6. The van der Waals surface area contributed by atoms with Crippen LogP contribution in [-0.4, -0.2) is 26.2 Å². The first kappa shape index (κ1) is 16.9. The standard InChI is InChI=1S/C17H20N6O2/c1-12(2)10-21-11-19-20-17(21)15-4-3-7-22(15)14-6-5-13(9-18)8-16(14)23(24)25/h5-6,8,11-12,15H,3-4,7,10H2,1-2H3. The number of anilines is 1. The van der Waals surface area contributed by atoms with Gasteiger partial charge in [-0.25, -0.2) is 0 Å². The van der Waals surface area contributed by atoms with Gasteiger partial charge < -0.3 is 9.47 Å². The molecule has 8 heteroatoms. The van der Waals surface area contributed by atoms with Gasteiger partial charge >= 0.3 is 0 Å². The predicted octanol–water partition coefficient (Wildman–Crippen LogP) is 3.06. The number of nitriles is 1. The number of hydrogen-bond donors (Lipinski definition) is 0. The van der Waals surface area contributed by atoms with Gasteiger partial charge in [-0.05, 0) is 30.9 Å². The van der Waals surface area contributed by atoms with Crippen molar-refractivity contribution in [2.24, 2.45) is 5.92 Å². The van der Waals surface area contributed by atoms with E-state index in [1.807, 2.05) is 15.5 Å². The quantitative estimate of drug-likeness (QED) is 0.612. The molecule has 1 aromatic heterocycles. The van der Waals surface area contributed by atoms with E-state index in [1.54, 1.807) is 18.5 Å². The lowest BCUT2D eigenvalue weighted by Crippen LogP contribution is -2.26. The highest BCUT2D eigenvalue weighted by Crippen LogP contribution is 2.40. The molecule has 2 aromatic rings. The Morgan fingerprint density at radius 3 is 2.96 bits per heavy atom. The molecule has 8 nitrogen and oxygen atoms in total. The molecule has 130 valence electrons. The summed E-state index contributed by atoms with van der Waals surface area (Å²) in [6, 6.07) is 6.54. The van der Waals surface area contributed by atoms with Crippen molar-refractivity contribution in [2.45, 2.75) is 39.3 Å². The first-order valence-electron chi connectivity index (χ1n) is 8.34. The van der Waals surface area contributed by atoms with Gasteiger partial charge in [0.1, 0.15) is 12.0 Å². The fraction of sp³-hybridized carbons (Fsp3) is 0.471. The van der Waals surface area contributed by atoms with E-state index in [1.165, 1.54) is 6.07 Å². The lowest BCUT2D eigenvalue weighted by molar-refractivity contribution is -0.384. The summed E-state index contributed by atoms with van der Waals surface area (Å²) in [7, 11) is 0. The molecule has 0 aliphatic carbocycles. The zero-order chi connectivity index (χ0) is 18.0. The van der Waals surface area contributed by atoms with E-state index in [0.29, 0.717) is 18.2 Å². The van der Waals surface area contributed by atoms with Crippen LogP contribution in [0.5, 0.6) is 0 Å². The molecular formula is C17H20N6O2. The Morgan fingerprint density at radius 1 is 1.48 bits per heavy atom. The van der Waals surface area contributed by atoms with Gasteiger partial charge in [0.2, 0.25) is 0 Å². The van der Waals surface area contributed by atoms with Crippen LogP contribution in [0.4, 0.5) is 11.4 Å². The molecular weight excluding hydrogens is 320 g/mol. The topological polar surface area (TPSA) is 101 Å². The molecule has 2 heterocycles. The number of aromatic nitrogens is 3. The second kappa shape index (κ2) is 6.89. The van der Waals surface area contributed by atoms with Crippen molar-refractivity contribution in [3.05, 3.63) is 46.0 Å². The Morgan fingerprint density at radius 2 is 2.28 bits per heavy atom. The normalized spacial score (nSPS) is 17.0. The van der Waals surface area contributed by atoms with E-state index in [0.717, 1.165) is 25.2 Å². The SMILES string of the molecule is CC(C)Cn1cnnc1C1CCCN1c1ccc(C#N)cc1[N+](=O)[O-]. The Hall–Kier alpha value is -2.95. The average molecular weight is 340 g/mol. The van der Waals surface area contributed by atoms with Crippen molar-refractivity contribution >= 4 is 11.4 Å². The molecule has 0 radical (unpaired) electrons. The zero-order valence-corrected chi connectivity index (χ0v) is 14.3. The van der Waals surface area contributed by atoms with E-state index in [9.17, 15) is 10.1 Å². The maximum Gasteiger partial charge on any atom is 0.293 e. The monoisotopic (exact) mass is 340 g/mol. The summed E-state index contributed by atoms with van der Waals surface area (Å²) >= 11 is 0. The Kier molecular flexibility index (Phi) is 4.65. The van der Waals surface area contributed by atoms with Crippen molar-refractivity contribution in [3.63, 3.8) is 0 Å². The number of benzene rings is 1. The highest BCUT2D eigenvalue weighted by atomic mass is 16.6. The van der Waals surface area contributed by atoms with Crippen LogP contribution in [-0.2, 0) is 6.54 Å². The minimum atomic E-state index is -0.426. The molecule has 1 saturated heterocycles. The van der Waals surface area contributed by atoms with Gasteiger partial charge in [-0.3, -0.25) is 10.1 Å². The summed E-state index contributed by atoms with van der Waals surface area (Å²) in [5.74, 6) is 1.29. The molecule has 0 saturated carbocycles. The number of nitro benzene ring substituents is 1. The van der Waals surface area contributed by atoms with Crippen LogP contribution in [0, 0.1) is 27.4 Å². The Bertz CT molecular complexity index is 823. The zero-order valence-electron chi connectivity index (χ0n) is 14.3. The molecule has 0 N–H and O–H groups in total. The van der Waals surface area contributed by atoms with Crippen molar-refractivity contribution in [2.75, 3.05) is 11.4 Å². The fourth-order valence-corrected chi connectivity index (χ4v) is 3.36. The molecule has 1 aliphatic heterocycles. The van der Waals surface area contributed by atoms with E-state index in [-0.39, 0.29) is 17.3 Å². The van der Waals surface area contributed by atoms with Crippen molar-refractivity contribution < 1.29 is 4.92 Å². The van der Waals surface area contributed by atoms with E-state index in [2.05, 4.69) is 24.0 Å². The summed E-state index contributed by atoms with van der Waals surface area (Å²) in [6.45, 7) is 5.78. The van der Waals surface area contributed by atoms with E-state index in [4.69, 9.17) is 5.26 Å². The second-order valence-corrected chi connectivity index (χ2v) is 6.66. The van der Waals surface area contributed by atoms with Crippen LogP contribution in [0.25, 0.3) is 0 Å². The van der Waals surface area contributed by atoms with Gasteiger partial charge in [0.05, 0.1) is 22.6 Å². The minimum absolute atomic E-state index is 0.0409. The molecule has 1 unspecified atom stereocenters. The minimum Gasteiger partial charge on any atom is -0.356 e. The van der Waals surface area contributed by atoms with Gasteiger partial charge in [-0.2, -0.15) is 5.26 Å². The summed E-state index contributed by atoms with van der Waals surface area (Å²) in [6.07, 6.45) is 3.52. The van der Waals surface area contributed by atoms with Crippen LogP contribution < -0.4 is 4.90 Å². The highest BCUT2D eigenvalue weighted by Gasteiger charge is 2.34. The molecule has 25 heavy (non-hydrogen) atoms. The second-order valence-electron chi connectivity index (χ2n) is 6.66. The van der Waals surface area contributed by atoms with Crippen LogP contribution in [0.3, 0.4) is 0 Å². The third-order valence-electron chi connectivity index (χ3n) is 4.37. The largest absolute Gasteiger partial charge is 0.356 e. The van der Waals surface area contributed by atoms with Gasteiger partial charge in [-0.15, -0.1) is 10.2 Å². The molecule has 0 spiro atoms. The smallest absolute Gasteiger partial charge is 0.293 e. The number of nitro groups is 1. The van der Waals surface area contributed by atoms with E-state index < -0.39 is 4.92 Å². The van der Waals surface area contributed by atoms with Crippen molar-refractivity contribution in [1.29, 1.82) is 5.26 Å². The maximum absolute atomic E-state index is 11.5. The summed E-state index contributed by atoms with van der Waals surface area (Å²) in [4.78, 5) is 13.1. The molecule has 1 aromatic carbocycles. The molecule has 3 rings (SSSR count). The third kappa shape index (κ3) is 3.31. The maximum atomic E-state index is 11.5. The summed E-state index contributed by atoms with van der Waals surface area (Å²) < 4.78 is 2.03. The molecule has 1 atom stereocenters. The Balaban J connectivity index is 1.99. The van der Waals surface area contributed by atoms with Crippen LogP contribution in [0.1, 0.15) is 44.1 Å². The highest BCUT2D eigenvalue weighted by molar-refractivity contribution is 5.66. The average Bonchev–Trinajstić information content (AvgIpc) is 3.22. The van der Waals surface area contributed by atoms with Gasteiger partial charge in [0.25, 0.3) is 5.69 Å². The van der Waals surface area contributed by atoms with Gasteiger partial charge in [0.15, 0.2) is 5.82 Å².